The van der Waals surface area contributed by atoms with Crippen LogP contribution in [0.5, 0.6) is 0 Å². The molecule has 0 aromatic heterocycles. The summed E-state index contributed by atoms with van der Waals surface area (Å²) in [4.78, 5) is 2.16. The zero-order valence-electron chi connectivity index (χ0n) is 9.73. The summed E-state index contributed by atoms with van der Waals surface area (Å²) in [6.07, 6.45) is 0. The minimum absolute atomic E-state index is 0.682. The standard InChI is InChI=1S/C14H15ClN2/c1-17(14-5-3-2-4-6-14)10-11-7-12(15)9-13(16)8-11/h2-9H,10,16H2,1H3. The average Bonchev–Trinajstić information content (AvgIpc) is 2.28. The molecule has 0 spiro atoms. The summed E-state index contributed by atoms with van der Waals surface area (Å²) in [5, 5.41) is 0.682. The van der Waals surface area contributed by atoms with Crippen LogP contribution in [0.2, 0.25) is 5.02 Å². The summed E-state index contributed by atoms with van der Waals surface area (Å²) in [5.74, 6) is 0. The van der Waals surface area contributed by atoms with Gasteiger partial charge < -0.3 is 10.6 Å². The molecule has 0 saturated heterocycles. The maximum Gasteiger partial charge on any atom is 0.0429 e. The van der Waals surface area contributed by atoms with Gasteiger partial charge in [0.1, 0.15) is 0 Å². The van der Waals surface area contributed by atoms with Gasteiger partial charge in [-0.3, -0.25) is 0 Å². The third kappa shape index (κ3) is 3.14. The SMILES string of the molecule is CN(Cc1cc(N)cc(Cl)c1)c1ccccc1. The molecule has 0 amide bonds. The third-order valence-electron chi connectivity index (χ3n) is 2.60. The van der Waals surface area contributed by atoms with Crippen molar-refractivity contribution in [1.29, 1.82) is 0 Å². The first-order valence-electron chi connectivity index (χ1n) is 5.46. The fraction of sp³-hybridized carbons (Fsp3) is 0.143. The van der Waals surface area contributed by atoms with E-state index in [1.54, 1.807) is 6.07 Å². The Hall–Kier alpha value is -1.67. The van der Waals surface area contributed by atoms with E-state index in [1.165, 1.54) is 5.69 Å². The van der Waals surface area contributed by atoms with Gasteiger partial charge in [-0.15, -0.1) is 0 Å². The topological polar surface area (TPSA) is 29.3 Å². The van der Waals surface area contributed by atoms with Gasteiger partial charge in [0.15, 0.2) is 0 Å². The van der Waals surface area contributed by atoms with Gasteiger partial charge >= 0.3 is 0 Å². The lowest BCUT2D eigenvalue weighted by Crippen LogP contribution is -2.16. The molecule has 0 radical (unpaired) electrons. The number of nitrogens with two attached hydrogens (primary N) is 1. The number of halogens is 1. The van der Waals surface area contributed by atoms with Crippen LogP contribution in [0.15, 0.2) is 48.5 Å². The van der Waals surface area contributed by atoms with Crippen molar-refractivity contribution in [1.82, 2.24) is 0 Å². The quantitative estimate of drug-likeness (QED) is 0.840. The van der Waals surface area contributed by atoms with Gasteiger partial charge in [-0.25, -0.2) is 0 Å². The summed E-state index contributed by atoms with van der Waals surface area (Å²) in [6.45, 7) is 0.786. The van der Waals surface area contributed by atoms with E-state index in [4.69, 9.17) is 17.3 Å². The maximum absolute atomic E-state index is 5.98. The summed E-state index contributed by atoms with van der Waals surface area (Å²) >= 11 is 5.98. The normalized spacial score (nSPS) is 10.2. The molecule has 0 aliphatic rings. The highest BCUT2D eigenvalue weighted by atomic mass is 35.5. The Labute approximate surface area is 107 Å². The molecule has 3 heteroatoms. The Bertz CT molecular complexity index is 477. The van der Waals surface area contributed by atoms with Crippen LogP contribution < -0.4 is 10.6 Å². The molecule has 0 atom stereocenters. The molecule has 0 bridgehead atoms. The first kappa shape index (κ1) is 11.8. The van der Waals surface area contributed by atoms with Gasteiger partial charge in [-0.05, 0) is 35.9 Å². The number of hydrogen-bond donors (Lipinski definition) is 1. The van der Waals surface area contributed by atoms with E-state index in [-0.39, 0.29) is 0 Å². The lowest BCUT2D eigenvalue weighted by molar-refractivity contribution is 0.924. The molecule has 0 saturated carbocycles. The maximum atomic E-state index is 5.98. The predicted molar refractivity (Wildman–Crippen MR) is 74.4 cm³/mol. The third-order valence-corrected chi connectivity index (χ3v) is 2.81. The van der Waals surface area contributed by atoms with Gasteiger partial charge in [0, 0.05) is 30.0 Å². The number of benzene rings is 2. The zero-order chi connectivity index (χ0) is 12.3. The van der Waals surface area contributed by atoms with Crippen LogP contribution in [0, 0.1) is 0 Å². The van der Waals surface area contributed by atoms with Gasteiger partial charge in [-0.2, -0.15) is 0 Å². The van der Waals surface area contributed by atoms with Crippen LogP contribution in [-0.2, 0) is 6.54 Å². The first-order valence-corrected chi connectivity index (χ1v) is 5.84. The number of hydrogen-bond acceptors (Lipinski definition) is 2. The van der Waals surface area contributed by atoms with Crippen LogP contribution in [0.3, 0.4) is 0 Å². The van der Waals surface area contributed by atoms with Crippen molar-refractivity contribution in [2.24, 2.45) is 0 Å². The van der Waals surface area contributed by atoms with Crippen molar-refractivity contribution >= 4 is 23.0 Å². The second kappa shape index (κ2) is 5.11. The molecule has 0 aliphatic heterocycles. The first-order chi connectivity index (χ1) is 8.15. The van der Waals surface area contributed by atoms with Crippen LogP contribution in [0.1, 0.15) is 5.56 Å². The highest BCUT2D eigenvalue weighted by molar-refractivity contribution is 6.30. The van der Waals surface area contributed by atoms with Crippen molar-refractivity contribution in [2.45, 2.75) is 6.54 Å². The van der Waals surface area contributed by atoms with Gasteiger partial charge in [0.05, 0.1) is 0 Å². The Kier molecular flexibility index (Phi) is 3.55. The second-order valence-electron chi connectivity index (χ2n) is 4.08. The summed E-state index contributed by atoms with van der Waals surface area (Å²) in [5.41, 5.74) is 8.76. The molecule has 2 nitrogen and oxygen atoms in total. The van der Waals surface area contributed by atoms with Crippen LogP contribution in [0.25, 0.3) is 0 Å². The minimum Gasteiger partial charge on any atom is -0.399 e. The average molecular weight is 247 g/mol. The Balaban J connectivity index is 2.16. The van der Waals surface area contributed by atoms with E-state index < -0.39 is 0 Å². The minimum atomic E-state index is 0.682. The van der Waals surface area contributed by atoms with E-state index in [0.717, 1.165) is 12.1 Å². The van der Waals surface area contributed by atoms with Crippen molar-refractivity contribution < 1.29 is 0 Å². The van der Waals surface area contributed by atoms with Gasteiger partial charge in [0.25, 0.3) is 0 Å². The van der Waals surface area contributed by atoms with Crippen molar-refractivity contribution in [3.05, 3.63) is 59.1 Å². The summed E-state index contributed by atoms with van der Waals surface area (Å²) in [7, 11) is 2.05. The van der Waals surface area contributed by atoms with Crippen molar-refractivity contribution in [2.75, 3.05) is 17.7 Å². The fourth-order valence-corrected chi connectivity index (χ4v) is 2.08. The summed E-state index contributed by atoms with van der Waals surface area (Å²) in [6, 6.07) is 15.9. The number of rotatable bonds is 3. The largest absolute Gasteiger partial charge is 0.399 e. The highest BCUT2D eigenvalue weighted by Crippen LogP contribution is 2.20. The lowest BCUT2D eigenvalue weighted by Gasteiger charge is -2.19. The van der Waals surface area contributed by atoms with Gasteiger partial charge in [0.2, 0.25) is 0 Å². The molecule has 17 heavy (non-hydrogen) atoms. The van der Waals surface area contributed by atoms with Crippen molar-refractivity contribution in [3.8, 4) is 0 Å². The Morgan fingerprint density at radius 1 is 1.12 bits per heavy atom. The molecule has 2 rings (SSSR count). The lowest BCUT2D eigenvalue weighted by atomic mass is 10.2. The number of anilines is 2. The molecule has 0 heterocycles. The molecule has 0 unspecified atom stereocenters. The number of nitrogens with zero attached hydrogens (tertiary/aromatic N) is 1. The predicted octanol–water partition coefficient (Wildman–Crippen LogP) is 3.56. The molecule has 2 aromatic rings. The van der Waals surface area contributed by atoms with Gasteiger partial charge in [-0.1, -0.05) is 29.8 Å². The van der Waals surface area contributed by atoms with E-state index in [9.17, 15) is 0 Å². The van der Waals surface area contributed by atoms with E-state index in [1.807, 2.05) is 37.4 Å². The van der Waals surface area contributed by atoms with E-state index >= 15 is 0 Å². The van der Waals surface area contributed by atoms with Crippen LogP contribution in [-0.4, -0.2) is 7.05 Å². The number of para-hydroxylation sites is 1. The highest BCUT2D eigenvalue weighted by Gasteiger charge is 2.03. The molecular formula is C14H15ClN2. The second-order valence-corrected chi connectivity index (χ2v) is 4.52. The molecule has 0 fully saturated rings. The van der Waals surface area contributed by atoms with Crippen LogP contribution >= 0.6 is 11.6 Å². The molecular weight excluding hydrogens is 232 g/mol. The molecule has 0 aliphatic carbocycles. The Morgan fingerprint density at radius 2 is 1.82 bits per heavy atom. The number of nitrogen functional groups attached to an aromatic ring is 1. The van der Waals surface area contributed by atoms with Crippen LogP contribution in [0.4, 0.5) is 11.4 Å². The van der Waals surface area contributed by atoms with Crippen molar-refractivity contribution in [3.63, 3.8) is 0 Å². The molecule has 88 valence electrons. The fourth-order valence-electron chi connectivity index (χ4n) is 1.81. The zero-order valence-corrected chi connectivity index (χ0v) is 10.5. The van der Waals surface area contributed by atoms with E-state index in [0.29, 0.717) is 10.7 Å². The molecule has 2 N–H and O–H groups in total. The smallest absolute Gasteiger partial charge is 0.0429 e. The Morgan fingerprint density at radius 3 is 2.47 bits per heavy atom. The van der Waals surface area contributed by atoms with E-state index in [2.05, 4.69) is 17.0 Å². The summed E-state index contributed by atoms with van der Waals surface area (Å²) < 4.78 is 0. The molecule has 2 aromatic carbocycles. The monoisotopic (exact) mass is 246 g/mol.